The van der Waals surface area contributed by atoms with Crippen LogP contribution in [0.4, 0.5) is 0 Å². The van der Waals surface area contributed by atoms with Crippen LogP contribution in [0.3, 0.4) is 0 Å². The van der Waals surface area contributed by atoms with Crippen molar-refractivity contribution in [3.63, 3.8) is 0 Å². The Bertz CT molecular complexity index is 714. The molecular formula is C18H24N2O4S. The zero-order valence-corrected chi connectivity index (χ0v) is 15.3. The van der Waals surface area contributed by atoms with Crippen molar-refractivity contribution in [1.82, 2.24) is 0 Å². The first-order chi connectivity index (χ1) is 12.0. The van der Waals surface area contributed by atoms with Crippen molar-refractivity contribution in [2.45, 2.75) is 44.9 Å². The van der Waals surface area contributed by atoms with Gasteiger partial charge in [0.1, 0.15) is 11.8 Å². The molecule has 2 rings (SSSR count). The van der Waals surface area contributed by atoms with Gasteiger partial charge in [0.25, 0.3) is 0 Å². The van der Waals surface area contributed by atoms with Crippen molar-refractivity contribution in [1.29, 1.82) is 5.26 Å². The largest absolute Gasteiger partial charge is 0.497 e. The third-order valence-corrected chi connectivity index (χ3v) is 5.53. The molecule has 0 N–H and O–H groups in total. The van der Waals surface area contributed by atoms with Crippen LogP contribution >= 0.6 is 0 Å². The Morgan fingerprint density at radius 3 is 2.52 bits per heavy atom. The summed E-state index contributed by atoms with van der Waals surface area (Å²) in [5.74, 6) is 1.19. The fraction of sp³-hybridized carbons (Fsp3) is 0.556. The Hall–Kier alpha value is -2.07. The van der Waals surface area contributed by atoms with Gasteiger partial charge < -0.3 is 4.74 Å². The molecule has 0 saturated heterocycles. The Balaban J connectivity index is 1.88. The van der Waals surface area contributed by atoms with E-state index < -0.39 is 10.1 Å². The third kappa shape index (κ3) is 6.39. The van der Waals surface area contributed by atoms with Gasteiger partial charge in [-0.15, -0.1) is 0 Å². The van der Waals surface area contributed by atoms with E-state index in [1.54, 1.807) is 24.3 Å². The standard InChI is InChI=1S/C18H24N2O4S/c1-23-17-11-9-16(10-12-17)18(14-19)20-24-25(21,22)13-5-8-15-6-3-2-4-7-15/h9-12,15H,2-8,13H2,1H3/b20-18+. The Labute approximate surface area is 149 Å². The fourth-order valence-electron chi connectivity index (χ4n) is 3.04. The summed E-state index contributed by atoms with van der Waals surface area (Å²) in [6.07, 6.45) is 7.61. The van der Waals surface area contributed by atoms with Crippen molar-refractivity contribution in [3.8, 4) is 11.8 Å². The molecule has 0 aromatic heterocycles. The van der Waals surface area contributed by atoms with Gasteiger partial charge in [0.05, 0.1) is 12.9 Å². The number of nitrogens with zero attached hydrogens (tertiary/aromatic N) is 2. The van der Waals surface area contributed by atoms with Crippen molar-refractivity contribution in [2.75, 3.05) is 12.9 Å². The predicted molar refractivity (Wildman–Crippen MR) is 95.8 cm³/mol. The zero-order valence-electron chi connectivity index (χ0n) is 14.5. The number of nitriles is 1. The van der Waals surface area contributed by atoms with Crippen LogP contribution in [0.2, 0.25) is 0 Å². The number of ether oxygens (including phenoxy) is 1. The van der Waals surface area contributed by atoms with Gasteiger partial charge >= 0.3 is 10.1 Å². The lowest BCUT2D eigenvalue weighted by atomic mass is 9.86. The van der Waals surface area contributed by atoms with Gasteiger partial charge in [-0.2, -0.15) is 13.7 Å². The molecule has 1 aromatic rings. The number of methoxy groups -OCH3 is 1. The lowest BCUT2D eigenvalue weighted by Crippen LogP contribution is -2.12. The maximum Gasteiger partial charge on any atom is 0.328 e. The minimum atomic E-state index is -3.77. The second-order valence-electron chi connectivity index (χ2n) is 6.26. The molecule has 0 aliphatic heterocycles. The van der Waals surface area contributed by atoms with E-state index in [0.29, 0.717) is 23.7 Å². The summed E-state index contributed by atoms with van der Waals surface area (Å²) >= 11 is 0. The summed E-state index contributed by atoms with van der Waals surface area (Å²) in [5, 5.41) is 12.7. The predicted octanol–water partition coefficient (Wildman–Crippen LogP) is 3.63. The summed E-state index contributed by atoms with van der Waals surface area (Å²) in [6.45, 7) is 0. The maximum atomic E-state index is 12.0. The minimum Gasteiger partial charge on any atom is -0.497 e. The summed E-state index contributed by atoms with van der Waals surface area (Å²) < 4.78 is 33.7. The molecule has 0 unspecified atom stereocenters. The monoisotopic (exact) mass is 364 g/mol. The van der Waals surface area contributed by atoms with Crippen LogP contribution < -0.4 is 4.74 Å². The van der Waals surface area contributed by atoms with Gasteiger partial charge in [-0.05, 0) is 43.0 Å². The average molecular weight is 364 g/mol. The topological polar surface area (TPSA) is 88.8 Å². The molecule has 7 heteroatoms. The first-order valence-electron chi connectivity index (χ1n) is 8.58. The smallest absolute Gasteiger partial charge is 0.328 e. The molecule has 1 fully saturated rings. The summed E-state index contributed by atoms with van der Waals surface area (Å²) in [6, 6.07) is 8.44. The third-order valence-electron chi connectivity index (χ3n) is 4.44. The summed E-state index contributed by atoms with van der Waals surface area (Å²) in [7, 11) is -2.23. The van der Waals surface area contributed by atoms with E-state index >= 15 is 0 Å². The van der Waals surface area contributed by atoms with E-state index in [4.69, 9.17) is 10.00 Å². The number of oxime groups is 1. The molecule has 0 heterocycles. The molecule has 1 aliphatic carbocycles. The highest BCUT2D eigenvalue weighted by Gasteiger charge is 2.17. The van der Waals surface area contributed by atoms with Gasteiger partial charge in [-0.1, -0.05) is 37.3 Å². The van der Waals surface area contributed by atoms with Crippen LogP contribution in [0.1, 0.15) is 50.5 Å². The molecule has 1 saturated carbocycles. The second kappa shape index (κ2) is 9.42. The first kappa shape index (κ1) is 19.3. The van der Waals surface area contributed by atoms with Crippen molar-refractivity contribution >= 4 is 15.8 Å². The Kier molecular flexibility index (Phi) is 7.26. The van der Waals surface area contributed by atoms with Crippen LogP contribution in [-0.4, -0.2) is 27.0 Å². The van der Waals surface area contributed by atoms with E-state index in [1.807, 2.05) is 6.07 Å². The van der Waals surface area contributed by atoms with Crippen LogP contribution in [-0.2, 0) is 14.4 Å². The highest BCUT2D eigenvalue weighted by molar-refractivity contribution is 7.86. The van der Waals surface area contributed by atoms with E-state index in [9.17, 15) is 8.42 Å². The number of hydrogen-bond acceptors (Lipinski definition) is 6. The molecule has 25 heavy (non-hydrogen) atoms. The molecule has 0 bridgehead atoms. The average Bonchev–Trinajstić information content (AvgIpc) is 2.63. The maximum absolute atomic E-state index is 12.0. The lowest BCUT2D eigenvalue weighted by molar-refractivity contribution is 0.324. The SMILES string of the molecule is COc1ccc(/C(C#N)=N/OS(=O)(=O)CCCC2CCCCC2)cc1. The quantitative estimate of drug-likeness (QED) is 0.519. The molecule has 0 spiro atoms. The summed E-state index contributed by atoms with van der Waals surface area (Å²) in [4.78, 5) is 0. The van der Waals surface area contributed by atoms with Crippen LogP contribution in [0.5, 0.6) is 5.75 Å². The second-order valence-corrected chi connectivity index (χ2v) is 7.94. The normalized spacial score (nSPS) is 16.2. The van der Waals surface area contributed by atoms with Gasteiger partial charge in [-0.25, -0.2) is 0 Å². The highest BCUT2D eigenvalue weighted by Crippen LogP contribution is 2.27. The van der Waals surface area contributed by atoms with Crippen LogP contribution in [0, 0.1) is 17.2 Å². The molecular weight excluding hydrogens is 340 g/mol. The highest BCUT2D eigenvalue weighted by atomic mass is 32.2. The Morgan fingerprint density at radius 2 is 1.92 bits per heavy atom. The molecule has 0 atom stereocenters. The van der Waals surface area contributed by atoms with Gasteiger partial charge in [-0.3, -0.25) is 4.28 Å². The zero-order chi connectivity index (χ0) is 18.1. The van der Waals surface area contributed by atoms with Gasteiger partial charge in [0, 0.05) is 5.56 Å². The van der Waals surface area contributed by atoms with E-state index in [1.165, 1.54) is 39.2 Å². The van der Waals surface area contributed by atoms with Gasteiger partial charge in [0.2, 0.25) is 0 Å². The first-order valence-corrected chi connectivity index (χ1v) is 10.2. The van der Waals surface area contributed by atoms with E-state index in [2.05, 4.69) is 9.44 Å². The van der Waals surface area contributed by atoms with Crippen molar-refractivity contribution < 1.29 is 17.4 Å². The van der Waals surface area contributed by atoms with E-state index in [-0.39, 0.29) is 11.5 Å². The fourth-order valence-corrected chi connectivity index (χ4v) is 3.83. The Morgan fingerprint density at radius 1 is 1.24 bits per heavy atom. The lowest BCUT2D eigenvalue weighted by Gasteiger charge is -2.20. The summed E-state index contributed by atoms with van der Waals surface area (Å²) in [5.41, 5.74) is 0.388. The number of hydrogen-bond donors (Lipinski definition) is 0. The van der Waals surface area contributed by atoms with E-state index in [0.717, 1.165) is 6.42 Å². The number of rotatable bonds is 8. The number of benzene rings is 1. The molecule has 0 radical (unpaired) electrons. The molecule has 0 amide bonds. The van der Waals surface area contributed by atoms with Crippen molar-refractivity contribution in [2.24, 2.45) is 11.1 Å². The van der Waals surface area contributed by atoms with Crippen LogP contribution in [0.25, 0.3) is 0 Å². The molecule has 1 aliphatic rings. The van der Waals surface area contributed by atoms with Crippen molar-refractivity contribution in [3.05, 3.63) is 29.8 Å². The van der Waals surface area contributed by atoms with Gasteiger partial charge in [0.15, 0.2) is 5.71 Å². The molecule has 1 aromatic carbocycles. The molecule has 136 valence electrons. The van der Waals surface area contributed by atoms with Crippen LogP contribution in [0.15, 0.2) is 29.4 Å². The molecule has 6 nitrogen and oxygen atoms in total. The minimum absolute atomic E-state index is 0.0751.